The third-order valence-electron chi connectivity index (χ3n) is 5.03. The quantitative estimate of drug-likeness (QED) is 0.206. The number of aliphatic carboxylic acids is 1. The minimum atomic E-state index is -1.20. The number of amides is 4. The molecule has 0 aliphatic rings. The van der Waals surface area contributed by atoms with E-state index in [9.17, 15) is 29.1 Å². The summed E-state index contributed by atoms with van der Waals surface area (Å²) in [7, 11) is 0. The van der Waals surface area contributed by atoms with Crippen LogP contribution in [0.15, 0.2) is 30.3 Å². The fourth-order valence-electron chi connectivity index (χ4n) is 3.14. The van der Waals surface area contributed by atoms with E-state index in [-0.39, 0.29) is 31.6 Å². The highest BCUT2D eigenvalue weighted by Gasteiger charge is 2.29. The highest BCUT2D eigenvalue weighted by Crippen LogP contribution is 2.08. The molecule has 4 unspecified atom stereocenters. The Bertz CT molecular complexity index is 861. The van der Waals surface area contributed by atoms with Gasteiger partial charge in [0.15, 0.2) is 0 Å². The molecule has 11 nitrogen and oxygen atoms in total. The summed E-state index contributed by atoms with van der Waals surface area (Å²) in [5.41, 5.74) is 11.5. The normalized spacial score (nSPS) is 14.4. The number of carbonyl (C=O) groups excluding carboxylic acids is 4. The van der Waals surface area contributed by atoms with E-state index in [2.05, 4.69) is 16.0 Å². The second-order valence-corrected chi connectivity index (χ2v) is 8.62. The van der Waals surface area contributed by atoms with Crippen molar-refractivity contribution in [1.29, 1.82) is 0 Å². The van der Waals surface area contributed by atoms with Crippen LogP contribution in [-0.4, -0.2) is 58.9 Å². The second-order valence-electron chi connectivity index (χ2n) is 8.62. The lowest BCUT2D eigenvalue weighted by Crippen LogP contribution is -2.56. The highest BCUT2D eigenvalue weighted by atomic mass is 16.4. The van der Waals surface area contributed by atoms with Crippen molar-refractivity contribution in [3.05, 3.63) is 35.9 Å². The van der Waals surface area contributed by atoms with Crippen LogP contribution in [0, 0.1) is 5.92 Å². The Labute approximate surface area is 199 Å². The summed E-state index contributed by atoms with van der Waals surface area (Å²) in [5.74, 6) is -3.68. The van der Waals surface area contributed by atoms with E-state index in [1.807, 2.05) is 13.8 Å². The van der Waals surface area contributed by atoms with Crippen LogP contribution in [0.25, 0.3) is 0 Å². The first-order valence-electron chi connectivity index (χ1n) is 11.1. The van der Waals surface area contributed by atoms with E-state index >= 15 is 0 Å². The fourth-order valence-corrected chi connectivity index (χ4v) is 3.14. The van der Waals surface area contributed by atoms with E-state index in [1.165, 1.54) is 6.92 Å². The third-order valence-corrected chi connectivity index (χ3v) is 5.03. The van der Waals surface area contributed by atoms with Crippen LogP contribution >= 0.6 is 0 Å². The van der Waals surface area contributed by atoms with Crippen LogP contribution in [0.3, 0.4) is 0 Å². The summed E-state index contributed by atoms with van der Waals surface area (Å²) >= 11 is 0. The van der Waals surface area contributed by atoms with Gasteiger partial charge in [0.05, 0.1) is 6.04 Å². The molecule has 0 radical (unpaired) electrons. The van der Waals surface area contributed by atoms with Crippen molar-refractivity contribution in [1.82, 2.24) is 16.0 Å². The molecule has 0 aliphatic carbocycles. The third kappa shape index (κ3) is 10.4. The first-order chi connectivity index (χ1) is 15.9. The summed E-state index contributed by atoms with van der Waals surface area (Å²) in [6.07, 6.45) is 0.305. The lowest BCUT2D eigenvalue weighted by Gasteiger charge is -2.25. The zero-order chi connectivity index (χ0) is 25.8. The molecule has 1 rings (SSSR count). The molecule has 0 saturated carbocycles. The maximum atomic E-state index is 12.9. The molecule has 0 saturated heterocycles. The van der Waals surface area contributed by atoms with Crippen LogP contribution < -0.4 is 27.4 Å². The Morgan fingerprint density at radius 3 is 2.00 bits per heavy atom. The highest BCUT2D eigenvalue weighted by molar-refractivity contribution is 5.94. The predicted molar refractivity (Wildman–Crippen MR) is 125 cm³/mol. The van der Waals surface area contributed by atoms with Gasteiger partial charge in [-0.15, -0.1) is 0 Å². The van der Waals surface area contributed by atoms with Crippen LogP contribution in [0.4, 0.5) is 0 Å². The molecule has 34 heavy (non-hydrogen) atoms. The number of hydrogen-bond acceptors (Lipinski definition) is 6. The van der Waals surface area contributed by atoms with Crippen molar-refractivity contribution in [3.63, 3.8) is 0 Å². The first-order valence-corrected chi connectivity index (χ1v) is 11.1. The maximum Gasteiger partial charge on any atom is 0.326 e. The lowest BCUT2D eigenvalue weighted by molar-refractivity contribution is -0.142. The number of nitrogens with one attached hydrogen (secondary N) is 3. The molecule has 0 spiro atoms. The van der Waals surface area contributed by atoms with Gasteiger partial charge in [-0.1, -0.05) is 44.2 Å². The van der Waals surface area contributed by atoms with Crippen molar-refractivity contribution in [2.45, 2.75) is 70.6 Å². The molecule has 11 heteroatoms. The Hall–Kier alpha value is -3.47. The molecule has 8 N–H and O–H groups in total. The fraction of sp³-hybridized carbons (Fsp3) is 0.522. The molecule has 4 atom stereocenters. The molecule has 4 amide bonds. The van der Waals surface area contributed by atoms with Crippen LogP contribution in [0.1, 0.15) is 45.6 Å². The average Bonchev–Trinajstić information content (AvgIpc) is 2.76. The lowest BCUT2D eigenvalue weighted by atomic mass is 10.0. The molecule has 0 fully saturated rings. The van der Waals surface area contributed by atoms with E-state index < -0.39 is 53.8 Å². The molecule has 0 bridgehead atoms. The van der Waals surface area contributed by atoms with Crippen molar-refractivity contribution < 1.29 is 29.1 Å². The summed E-state index contributed by atoms with van der Waals surface area (Å²) < 4.78 is 0. The van der Waals surface area contributed by atoms with Gasteiger partial charge in [-0.05, 0) is 31.2 Å². The van der Waals surface area contributed by atoms with Gasteiger partial charge in [0, 0.05) is 12.8 Å². The second kappa shape index (κ2) is 13.9. The van der Waals surface area contributed by atoms with Crippen LogP contribution in [0.2, 0.25) is 0 Å². The van der Waals surface area contributed by atoms with E-state index in [0.717, 1.165) is 5.56 Å². The van der Waals surface area contributed by atoms with Gasteiger partial charge >= 0.3 is 5.97 Å². The smallest absolute Gasteiger partial charge is 0.326 e. The molecule has 1 aromatic carbocycles. The molecule has 188 valence electrons. The zero-order valence-corrected chi connectivity index (χ0v) is 19.7. The van der Waals surface area contributed by atoms with Crippen LogP contribution in [0.5, 0.6) is 0 Å². The topological polar surface area (TPSA) is 194 Å². The Morgan fingerprint density at radius 2 is 1.47 bits per heavy atom. The predicted octanol–water partition coefficient (Wildman–Crippen LogP) is -0.573. The van der Waals surface area contributed by atoms with E-state index in [1.54, 1.807) is 30.3 Å². The zero-order valence-electron chi connectivity index (χ0n) is 19.7. The van der Waals surface area contributed by atoms with Crippen molar-refractivity contribution in [3.8, 4) is 0 Å². The van der Waals surface area contributed by atoms with E-state index in [4.69, 9.17) is 11.5 Å². The van der Waals surface area contributed by atoms with Crippen molar-refractivity contribution in [2.75, 3.05) is 0 Å². The molecule has 0 heterocycles. The number of nitrogens with two attached hydrogens (primary N) is 2. The standard InChI is InChI=1S/C23H35N5O6/c1-13(2)11-17(22(32)28-18(23(33)34)12-15-7-5-4-6-8-15)27-20(30)14(3)26-21(31)16(24)9-10-19(25)29/h4-8,13-14,16-18H,9-12,24H2,1-3H3,(H2,25,29)(H,26,31)(H,27,30)(H,28,32)(H,33,34). The molecular weight excluding hydrogens is 442 g/mol. The Balaban J connectivity index is 2.79. The number of carbonyl (C=O) groups is 5. The number of carboxylic acid groups (broad SMARTS) is 1. The van der Waals surface area contributed by atoms with Gasteiger partial charge in [0.25, 0.3) is 0 Å². The van der Waals surface area contributed by atoms with E-state index in [0.29, 0.717) is 0 Å². The van der Waals surface area contributed by atoms with Gasteiger partial charge < -0.3 is 32.5 Å². The van der Waals surface area contributed by atoms with Crippen LogP contribution in [-0.2, 0) is 30.4 Å². The first kappa shape index (κ1) is 28.6. The largest absolute Gasteiger partial charge is 0.480 e. The Morgan fingerprint density at radius 1 is 0.882 bits per heavy atom. The Kier molecular flexibility index (Phi) is 11.7. The summed E-state index contributed by atoms with van der Waals surface area (Å²) in [6.45, 7) is 5.13. The number of primary amides is 1. The van der Waals surface area contributed by atoms with Gasteiger partial charge in [-0.25, -0.2) is 4.79 Å². The molecular formula is C23H35N5O6. The molecule has 0 aliphatic heterocycles. The maximum absolute atomic E-state index is 12.9. The van der Waals surface area contributed by atoms with Crippen molar-refractivity contribution >= 4 is 29.6 Å². The number of hydrogen-bond donors (Lipinski definition) is 6. The number of rotatable bonds is 14. The number of carboxylic acids is 1. The minimum absolute atomic E-state index is 0.0144. The summed E-state index contributed by atoms with van der Waals surface area (Å²) in [4.78, 5) is 60.2. The molecule has 0 aromatic heterocycles. The van der Waals surface area contributed by atoms with Gasteiger partial charge in [0.2, 0.25) is 23.6 Å². The SMILES string of the molecule is CC(C)CC(NC(=O)C(C)NC(=O)C(N)CCC(N)=O)C(=O)NC(Cc1ccccc1)C(=O)O. The summed E-state index contributed by atoms with van der Waals surface area (Å²) in [5, 5.41) is 17.1. The average molecular weight is 478 g/mol. The number of benzene rings is 1. The van der Waals surface area contributed by atoms with Gasteiger partial charge in [0.1, 0.15) is 18.1 Å². The summed E-state index contributed by atoms with van der Waals surface area (Å²) in [6, 6.07) is 4.63. The van der Waals surface area contributed by atoms with Gasteiger partial charge in [-0.3, -0.25) is 19.2 Å². The molecule has 1 aromatic rings. The van der Waals surface area contributed by atoms with Crippen molar-refractivity contribution in [2.24, 2.45) is 17.4 Å². The van der Waals surface area contributed by atoms with Gasteiger partial charge in [-0.2, -0.15) is 0 Å². The monoisotopic (exact) mass is 477 g/mol. The minimum Gasteiger partial charge on any atom is -0.480 e.